The number of carbonyl (C=O) groups excluding carboxylic acids is 2. The molecule has 1 heterocycles. The van der Waals surface area contributed by atoms with E-state index < -0.39 is 17.7 Å². The largest absolute Gasteiger partial charge is 0.485 e. The lowest BCUT2D eigenvalue weighted by Crippen LogP contribution is -2.25. The summed E-state index contributed by atoms with van der Waals surface area (Å²) in [5.74, 6) is -0.0765. The first-order valence-electron chi connectivity index (χ1n) is 10.1. The van der Waals surface area contributed by atoms with E-state index >= 15 is 0 Å². The number of carbonyl (C=O) groups is 2. The normalized spacial score (nSPS) is 12.2. The van der Waals surface area contributed by atoms with Crippen LogP contribution in [0.25, 0.3) is 11.1 Å². The Balaban J connectivity index is 1.58. The number of methoxy groups -OCH3 is 1. The molecule has 0 bridgehead atoms. The van der Waals surface area contributed by atoms with Gasteiger partial charge in [-0.1, -0.05) is 24.3 Å². The number of rotatable bonds is 8. The number of benzene rings is 2. The van der Waals surface area contributed by atoms with E-state index in [0.29, 0.717) is 16.2 Å². The van der Waals surface area contributed by atoms with Gasteiger partial charge in [0, 0.05) is 11.4 Å². The fourth-order valence-corrected chi connectivity index (χ4v) is 3.91. The summed E-state index contributed by atoms with van der Waals surface area (Å²) in [4.78, 5) is 24.7. The van der Waals surface area contributed by atoms with Crippen molar-refractivity contribution in [3.63, 3.8) is 0 Å². The van der Waals surface area contributed by atoms with E-state index in [0.717, 1.165) is 22.6 Å². The SMILES string of the molecule is COC(=O)CCNC(=O)c1ccc(C(C)Oc2ccc(-c3ccc(C(F)(F)F)cc3)cc2)s1. The second-order valence-electron chi connectivity index (χ2n) is 7.14. The molecular formula is C24H22F3NO4S. The van der Waals surface area contributed by atoms with E-state index in [4.69, 9.17) is 4.74 Å². The summed E-state index contributed by atoms with van der Waals surface area (Å²) in [6.07, 6.45) is -4.58. The highest BCUT2D eigenvalue weighted by atomic mass is 32.1. The van der Waals surface area contributed by atoms with Crippen LogP contribution in [0.15, 0.2) is 60.7 Å². The zero-order valence-corrected chi connectivity index (χ0v) is 18.8. The van der Waals surface area contributed by atoms with Gasteiger partial charge >= 0.3 is 12.1 Å². The van der Waals surface area contributed by atoms with E-state index in [1.807, 2.05) is 6.92 Å². The first kappa shape index (κ1) is 24.3. The number of halogens is 3. The molecule has 3 aromatic rings. The molecule has 0 aliphatic heterocycles. The molecule has 0 fully saturated rings. The summed E-state index contributed by atoms with van der Waals surface area (Å²) in [5, 5.41) is 2.67. The maximum atomic E-state index is 12.7. The summed E-state index contributed by atoms with van der Waals surface area (Å²) < 4.78 is 48.7. The first-order chi connectivity index (χ1) is 15.7. The van der Waals surface area contributed by atoms with Crippen LogP contribution < -0.4 is 10.1 Å². The van der Waals surface area contributed by atoms with Crippen LogP contribution in [0.5, 0.6) is 5.75 Å². The Bertz CT molecular complexity index is 1090. The molecule has 0 aliphatic rings. The third kappa shape index (κ3) is 6.58. The van der Waals surface area contributed by atoms with Crippen molar-refractivity contribution in [2.75, 3.05) is 13.7 Å². The van der Waals surface area contributed by atoms with E-state index in [1.165, 1.54) is 30.6 Å². The van der Waals surface area contributed by atoms with Crippen molar-refractivity contribution in [2.24, 2.45) is 0 Å². The first-order valence-corrected chi connectivity index (χ1v) is 10.9. The maximum absolute atomic E-state index is 12.7. The highest BCUT2D eigenvalue weighted by Crippen LogP contribution is 2.32. The van der Waals surface area contributed by atoms with Gasteiger partial charge in [0.15, 0.2) is 0 Å². The molecule has 174 valence electrons. The standard InChI is InChI=1S/C24H22F3NO4S/c1-15(20-11-12-21(33-20)23(30)28-14-13-22(29)31-2)32-19-9-5-17(6-10-19)16-3-7-18(8-4-16)24(25,26)27/h3-12,15H,13-14H2,1-2H3,(H,28,30). The Morgan fingerprint density at radius 3 is 2.15 bits per heavy atom. The molecule has 9 heteroatoms. The second kappa shape index (κ2) is 10.5. The number of alkyl halides is 3. The van der Waals surface area contributed by atoms with Gasteiger partial charge in [-0.3, -0.25) is 9.59 Å². The number of hydrogen-bond donors (Lipinski definition) is 1. The fraction of sp³-hybridized carbons (Fsp3) is 0.250. The third-order valence-electron chi connectivity index (χ3n) is 4.81. The van der Waals surface area contributed by atoms with Crippen molar-refractivity contribution in [3.05, 3.63) is 76.0 Å². The average Bonchev–Trinajstić information content (AvgIpc) is 3.29. The van der Waals surface area contributed by atoms with Crippen molar-refractivity contribution >= 4 is 23.2 Å². The topological polar surface area (TPSA) is 64.6 Å². The van der Waals surface area contributed by atoms with Gasteiger partial charge < -0.3 is 14.8 Å². The number of amides is 1. The van der Waals surface area contributed by atoms with Crippen LogP contribution in [-0.4, -0.2) is 25.5 Å². The predicted molar refractivity (Wildman–Crippen MR) is 119 cm³/mol. The average molecular weight is 478 g/mol. The van der Waals surface area contributed by atoms with Crippen LogP contribution in [0, 0.1) is 0 Å². The molecule has 0 aliphatic carbocycles. The van der Waals surface area contributed by atoms with Gasteiger partial charge in [-0.05, 0) is 54.4 Å². The minimum atomic E-state index is -4.36. The van der Waals surface area contributed by atoms with E-state index in [1.54, 1.807) is 36.4 Å². The molecule has 3 rings (SSSR count). The van der Waals surface area contributed by atoms with Gasteiger partial charge in [0.2, 0.25) is 0 Å². The van der Waals surface area contributed by atoms with Crippen LogP contribution in [0.2, 0.25) is 0 Å². The Morgan fingerprint density at radius 1 is 0.970 bits per heavy atom. The zero-order valence-electron chi connectivity index (χ0n) is 17.9. The number of ether oxygens (including phenoxy) is 2. The lowest BCUT2D eigenvalue weighted by atomic mass is 10.0. The van der Waals surface area contributed by atoms with E-state index in [2.05, 4.69) is 10.1 Å². The molecule has 1 unspecified atom stereocenters. The lowest BCUT2D eigenvalue weighted by Gasteiger charge is -2.14. The van der Waals surface area contributed by atoms with Gasteiger partial charge in [0.1, 0.15) is 11.9 Å². The number of esters is 1. The van der Waals surface area contributed by atoms with E-state index in [9.17, 15) is 22.8 Å². The molecule has 0 saturated carbocycles. The summed E-state index contributed by atoms with van der Waals surface area (Å²) in [6, 6.07) is 15.5. The van der Waals surface area contributed by atoms with Crippen LogP contribution >= 0.6 is 11.3 Å². The third-order valence-corrected chi connectivity index (χ3v) is 6.05. The van der Waals surface area contributed by atoms with Crippen molar-refractivity contribution in [1.29, 1.82) is 0 Å². The van der Waals surface area contributed by atoms with Gasteiger partial charge in [-0.15, -0.1) is 11.3 Å². The molecule has 0 spiro atoms. The highest BCUT2D eigenvalue weighted by Gasteiger charge is 2.29. The smallest absolute Gasteiger partial charge is 0.416 e. The molecule has 0 saturated heterocycles. The molecule has 1 amide bonds. The minimum absolute atomic E-state index is 0.0997. The monoisotopic (exact) mass is 477 g/mol. The maximum Gasteiger partial charge on any atom is 0.416 e. The van der Waals surface area contributed by atoms with Crippen molar-refractivity contribution in [1.82, 2.24) is 5.32 Å². The molecule has 1 atom stereocenters. The Hall–Kier alpha value is -3.33. The Labute approximate surface area is 193 Å². The van der Waals surface area contributed by atoms with Gasteiger partial charge in [-0.25, -0.2) is 0 Å². The Kier molecular flexibility index (Phi) is 7.75. The lowest BCUT2D eigenvalue weighted by molar-refractivity contribution is -0.140. The molecule has 1 aromatic heterocycles. The van der Waals surface area contributed by atoms with Gasteiger partial charge in [-0.2, -0.15) is 13.2 Å². The van der Waals surface area contributed by atoms with Crippen LogP contribution in [0.1, 0.15) is 39.6 Å². The summed E-state index contributed by atoms with van der Waals surface area (Å²) in [5.41, 5.74) is 0.752. The summed E-state index contributed by atoms with van der Waals surface area (Å²) in [7, 11) is 1.29. The molecule has 2 aromatic carbocycles. The van der Waals surface area contributed by atoms with Crippen LogP contribution in [0.3, 0.4) is 0 Å². The minimum Gasteiger partial charge on any atom is -0.485 e. The molecule has 33 heavy (non-hydrogen) atoms. The quantitative estimate of drug-likeness (QED) is 0.413. The molecular weight excluding hydrogens is 455 g/mol. The number of hydrogen-bond acceptors (Lipinski definition) is 5. The van der Waals surface area contributed by atoms with Gasteiger partial charge in [0.05, 0.1) is 24.0 Å². The molecule has 5 nitrogen and oxygen atoms in total. The van der Waals surface area contributed by atoms with Crippen LogP contribution in [0.4, 0.5) is 13.2 Å². The zero-order chi connectivity index (χ0) is 24.0. The van der Waals surface area contributed by atoms with Crippen LogP contribution in [-0.2, 0) is 15.7 Å². The molecule has 0 radical (unpaired) electrons. The highest BCUT2D eigenvalue weighted by molar-refractivity contribution is 7.14. The fourth-order valence-electron chi connectivity index (χ4n) is 3.00. The van der Waals surface area contributed by atoms with Crippen molar-refractivity contribution < 1.29 is 32.2 Å². The van der Waals surface area contributed by atoms with E-state index in [-0.39, 0.29) is 25.0 Å². The summed E-state index contributed by atoms with van der Waals surface area (Å²) in [6.45, 7) is 2.05. The number of thiophene rings is 1. The predicted octanol–water partition coefficient (Wildman–Crippen LogP) is 5.87. The number of nitrogens with one attached hydrogen (secondary N) is 1. The molecule has 1 N–H and O–H groups in total. The van der Waals surface area contributed by atoms with Gasteiger partial charge in [0.25, 0.3) is 5.91 Å². The van der Waals surface area contributed by atoms with Crippen molar-refractivity contribution in [2.45, 2.75) is 25.6 Å². The second-order valence-corrected chi connectivity index (χ2v) is 8.26. The van der Waals surface area contributed by atoms with Crippen molar-refractivity contribution in [3.8, 4) is 16.9 Å². The Morgan fingerprint density at radius 2 is 1.58 bits per heavy atom. The summed E-state index contributed by atoms with van der Waals surface area (Å²) >= 11 is 1.29.